The molecule has 0 aliphatic carbocycles. The zero-order chi connectivity index (χ0) is 19.3. The molecule has 1 heterocycles. The number of anilines is 1. The van der Waals surface area contributed by atoms with Crippen molar-refractivity contribution in [2.24, 2.45) is 0 Å². The Morgan fingerprint density at radius 3 is 2.56 bits per heavy atom. The van der Waals surface area contributed by atoms with Crippen molar-refractivity contribution in [1.29, 1.82) is 0 Å². The van der Waals surface area contributed by atoms with Gasteiger partial charge in [0.1, 0.15) is 5.75 Å². The molecular formula is C19H20N2O5S. The number of ether oxygens (including phenoxy) is 1. The molecule has 1 aliphatic rings. The fraction of sp³-hybridized carbons (Fsp3) is 0.263. The minimum atomic E-state index is -3.04. The second-order valence-corrected chi connectivity index (χ2v) is 8.53. The number of carbonyl (C=O) groups excluding carboxylic acids is 2. The maximum absolute atomic E-state index is 12.2. The molecule has 0 spiro atoms. The molecule has 0 bridgehead atoms. The van der Waals surface area contributed by atoms with Crippen LogP contribution in [0.2, 0.25) is 0 Å². The van der Waals surface area contributed by atoms with Gasteiger partial charge in [-0.25, -0.2) is 8.42 Å². The van der Waals surface area contributed by atoms with Gasteiger partial charge < -0.3 is 15.4 Å². The maximum Gasteiger partial charge on any atom is 0.258 e. The predicted molar refractivity (Wildman–Crippen MR) is 102 cm³/mol. The first-order valence-electron chi connectivity index (χ1n) is 8.50. The van der Waals surface area contributed by atoms with Gasteiger partial charge in [0, 0.05) is 23.4 Å². The summed E-state index contributed by atoms with van der Waals surface area (Å²) in [5, 5.41) is 5.43. The molecular weight excluding hydrogens is 368 g/mol. The van der Waals surface area contributed by atoms with Crippen molar-refractivity contribution < 1.29 is 22.7 Å². The normalized spacial score (nSPS) is 17.9. The van der Waals surface area contributed by atoms with Crippen molar-refractivity contribution in [2.45, 2.75) is 12.5 Å². The molecule has 1 saturated heterocycles. The minimum Gasteiger partial charge on any atom is -0.484 e. The zero-order valence-electron chi connectivity index (χ0n) is 14.6. The van der Waals surface area contributed by atoms with E-state index in [9.17, 15) is 18.0 Å². The van der Waals surface area contributed by atoms with Gasteiger partial charge >= 0.3 is 0 Å². The summed E-state index contributed by atoms with van der Waals surface area (Å²) in [6.07, 6.45) is 0.426. The van der Waals surface area contributed by atoms with Crippen LogP contribution in [0.25, 0.3) is 0 Å². The van der Waals surface area contributed by atoms with Crippen LogP contribution in [-0.2, 0) is 14.6 Å². The molecule has 1 aliphatic heterocycles. The summed E-state index contributed by atoms with van der Waals surface area (Å²) in [6, 6.07) is 15.2. The van der Waals surface area contributed by atoms with Crippen molar-refractivity contribution in [1.82, 2.24) is 5.32 Å². The van der Waals surface area contributed by atoms with E-state index in [-0.39, 0.29) is 36.0 Å². The summed E-state index contributed by atoms with van der Waals surface area (Å²) in [7, 11) is -3.04. The monoisotopic (exact) mass is 388 g/mol. The summed E-state index contributed by atoms with van der Waals surface area (Å²) in [5.74, 6) is -0.124. The third-order valence-electron chi connectivity index (χ3n) is 4.10. The lowest BCUT2D eigenvalue weighted by molar-refractivity contribution is -0.123. The molecule has 1 unspecified atom stereocenters. The quantitative estimate of drug-likeness (QED) is 0.783. The highest BCUT2D eigenvalue weighted by Gasteiger charge is 2.28. The van der Waals surface area contributed by atoms with Crippen LogP contribution >= 0.6 is 0 Å². The van der Waals surface area contributed by atoms with Crippen molar-refractivity contribution in [3.63, 3.8) is 0 Å². The number of hydrogen-bond acceptors (Lipinski definition) is 5. The zero-order valence-corrected chi connectivity index (χ0v) is 15.4. The van der Waals surface area contributed by atoms with E-state index in [4.69, 9.17) is 4.74 Å². The number of rotatable bonds is 6. The van der Waals surface area contributed by atoms with Crippen molar-refractivity contribution in [3.8, 4) is 5.75 Å². The van der Waals surface area contributed by atoms with Crippen molar-refractivity contribution >= 4 is 27.3 Å². The average molecular weight is 388 g/mol. The largest absolute Gasteiger partial charge is 0.484 e. The van der Waals surface area contributed by atoms with Gasteiger partial charge in [0.25, 0.3) is 11.8 Å². The van der Waals surface area contributed by atoms with E-state index in [0.29, 0.717) is 23.4 Å². The first-order chi connectivity index (χ1) is 12.9. The van der Waals surface area contributed by atoms with Gasteiger partial charge in [-0.1, -0.05) is 24.3 Å². The Hall–Kier alpha value is -2.87. The average Bonchev–Trinajstić information content (AvgIpc) is 2.99. The molecule has 0 saturated carbocycles. The molecule has 1 fully saturated rings. The van der Waals surface area contributed by atoms with E-state index in [0.717, 1.165) is 0 Å². The van der Waals surface area contributed by atoms with Gasteiger partial charge in [-0.05, 0) is 30.7 Å². The number of sulfone groups is 1. The Bertz CT molecular complexity index is 928. The predicted octanol–water partition coefficient (Wildman–Crippen LogP) is 1.62. The summed E-state index contributed by atoms with van der Waals surface area (Å²) in [5.41, 5.74) is 1.08. The van der Waals surface area contributed by atoms with E-state index in [1.165, 1.54) is 0 Å². The fourth-order valence-corrected chi connectivity index (χ4v) is 4.46. The standard InChI is InChI=1S/C19H20N2O5S/c22-18(20-16-9-10-27(24,25)13-16)12-26-17-8-4-7-15(11-17)21-19(23)14-5-2-1-3-6-14/h1-8,11,16H,9-10,12-13H2,(H,20,22)(H,21,23). The molecule has 7 nitrogen and oxygen atoms in total. The Morgan fingerprint density at radius 2 is 1.85 bits per heavy atom. The van der Waals surface area contributed by atoms with E-state index >= 15 is 0 Å². The molecule has 2 aromatic carbocycles. The number of nitrogens with one attached hydrogen (secondary N) is 2. The van der Waals surface area contributed by atoms with Gasteiger partial charge in [-0.3, -0.25) is 9.59 Å². The van der Waals surface area contributed by atoms with E-state index in [2.05, 4.69) is 10.6 Å². The molecule has 27 heavy (non-hydrogen) atoms. The lowest BCUT2D eigenvalue weighted by Gasteiger charge is -2.12. The lowest BCUT2D eigenvalue weighted by atomic mass is 10.2. The first kappa shape index (κ1) is 18.9. The van der Waals surface area contributed by atoms with Crippen molar-refractivity contribution in [2.75, 3.05) is 23.4 Å². The van der Waals surface area contributed by atoms with Crippen LogP contribution < -0.4 is 15.4 Å². The molecule has 8 heteroatoms. The highest BCUT2D eigenvalue weighted by atomic mass is 32.2. The second-order valence-electron chi connectivity index (χ2n) is 6.30. The van der Waals surface area contributed by atoms with Crippen LogP contribution in [0.5, 0.6) is 5.75 Å². The van der Waals surface area contributed by atoms with Crippen LogP contribution in [0.1, 0.15) is 16.8 Å². The summed E-state index contributed by atoms with van der Waals surface area (Å²) in [4.78, 5) is 24.1. The minimum absolute atomic E-state index is 0.0280. The third kappa shape index (κ3) is 5.55. The Morgan fingerprint density at radius 1 is 1.07 bits per heavy atom. The molecule has 2 N–H and O–H groups in total. The SMILES string of the molecule is O=C(COc1cccc(NC(=O)c2ccccc2)c1)NC1CCS(=O)(=O)C1. The Kier molecular flexibility index (Phi) is 5.75. The fourth-order valence-electron chi connectivity index (χ4n) is 2.78. The molecule has 142 valence electrons. The summed E-state index contributed by atoms with van der Waals surface area (Å²) >= 11 is 0. The number of carbonyl (C=O) groups is 2. The molecule has 2 aromatic rings. The second kappa shape index (κ2) is 8.22. The van der Waals surface area contributed by atoms with Crippen LogP contribution in [-0.4, -0.2) is 44.4 Å². The summed E-state index contributed by atoms with van der Waals surface area (Å²) < 4.78 is 28.3. The number of benzene rings is 2. The van der Waals surface area contributed by atoms with E-state index in [1.807, 2.05) is 6.07 Å². The Balaban J connectivity index is 1.52. The van der Waals surface area contributed by atoms with Gasteiger partial charge in [0.15, 0.2) is 16.4 Å². The molecule has 0 radical (unpaired) electrons. The van der Waals surface area contributed by atoms with Gasteiger partial charge in [0.05, 0.1) is 11.5 Å². The van der Waals surface area contributed by atoms with Crippen molar-refractivity contribution in [3.05, 3.63) is 60.2 Å². The van der Waals surface area contributed by atoms with Crippen LogP contribution in [0, 0.1) is 0 Å². The third-order valence-corrected chi connectivity index (χ3v) is 5.86. The highest BCUT2D eigenvalue weighted by Crippen LogP contribution is 2.18. The Labute approximate surface area is 157 Å². The van der Waals surface area contributed by atoms with Gasteiger partial charge in [-0.2, -0.15) is 0 Å². The molecule has 0 aromatic heterocycles. The van der Waals surface area contributed by atoms with Crippen LogP contribution in [0.4, 0.5) is 5.69 Å². The molecule has 1 atom stereocenters. The topological polar surface area (TPSA) is 102 Å². The van der Waals surface area contributed by atoms with Crippen LogP contribution in [0.15, 0.2) is 54.6 Å². The molecule has 2 amide bonds. The number of hydrogen-bond donors (Lipinski definition) is 2. The van der Waals surface area contributed by atoms with Gasteiger partial charge in [0.2, 0.25) is 0 Å². The first-order valence-corrected chi connectivity index (χ1v) is 10.3. The number of amides is 2. The van der Waals surface area contributed by atoms with Gasteiger partial charge in [-0.15, -0.1) is 0 Å². The lowest BCUT2D eigenvalue weighted by Crippen LogP contribution is -2.38. The molecule has 3 rings (SSSR count). The maximum atomic E-state index is 12.2. The van der Waals surface area contributed by atoms with E-state index in [1.54, 1.807) is 48.5 Å². The van der Waals surface area contributed by atoms with Crippen LogP contribution in [0.3, 0.4) is 0 Å². The van der Waals surface area contributed by atoms with E-state index < -0.39 is 9.84 Å². The smallest absolute Gasteiger partial charge is 0.258 e. The summed E-state index contributed by atoms with van der Waals surface area (Å²) in [6.45, 7) is -0.230. The highest BCUT2D eigenvalue weighted by molar-refractivity contribution is 7.91.